The van der Waals surface area contributed by atoms with Gasteiger partial charge in [-0.3, -0.25) is 4.79 Å². The number of carbonyl (C=O) groups is 1. The Morgan fingerprint density at radius 2 is 1.54 bits per heavy atom. The van der Waals surface area contributed by atoms with Crippen LogP contribution < -0.4 is 10.1 Å². The number of alkyl halides is 6. The molecule has 0 aliphatic carbocycles. The van der Waals surface area contributed by atoms with Crippen molar-refractivity contribution in [3.63, 3.8) is 0 Å². The minimum Gasteiger partial charge on any atom is -0.406 e. The number of ether oxygens (including phenoxy) is 1. The molecule has 3 rings (SSSR count). The Kier molecular flexibility index (Phi) is 9.56. The Bertz CT molecular complexity index is 940. The van der Waals surface area contributed by atoms with Crippen molar-refractivity contribution < 1.29 is 41.0 Å². The number of nitrogens with one attached hydrogen (secondary N) is 1. The first-order valence-electron chi connectivity index (χ1n) is 10.6. The first-order valence-corrected chi connectivity index (χ1v) is 10.6. The average molecular weight is 506 g/mol. The maximum Gasteiger partial charge on any atom is 0.573 e. The maximum atomic E-state index is 12.8. The molecule has 2 N–H and O–H groups in total. The number of halogens is 6. The van der Waals surface area contributed by atoms with E-state index in [0.717, 1.165) is 50.2 Å². The van der Waals surface area contributed by atoms with Crippen LogP contribution in [0, 0.1) is 0 Å². The Labute approximate surface area is 199 Å². The van der Waals surface area contributed by atoms with Gasteiger partial charge in [-0.25, -0.2) is 0 Å². The van der Waals surface area contributed by atoms with Gasteiger partial charge < -0.3 is 20.1 Å². The molecule has 2 aromatic rings. The fourth-order valence-corrected chi connectivity index (χ4v) is 3.82. The molecule has 0 unspecified atom stereocenters. The lowest BCUT2D eigenvalue weighted by molar-refractivity contribution is -0.274. The molecule has 1 heterocycles. The molecule has 2 aromatic carbocycles. The van der Waals surface area contributed by atoms with E-state index in [0.29, 0.717) is 12.1 Å². The van der Waals surface area contributed by atoms with Crippen LogP contribution in [0.25, 0.3) is 0 Å². The number of aliphatic hydroxyl groups is 1. The van der Waals surface area contributed by atoms with Crippen molar-refractivity contribution >= 4 is 5.91 Å². The Balaban J connectivity index is 0.00000432. The number of amides is 1. The molecular formula is C24H28F6N2O3. The highest BCUT2D eigenvalue weighted by molar-refractivity contribution is 5.79. The van der Waals surface area contributed by atoms with Crippen molar-refractivity contribution in [1.29, 1.82) is 0 Å². The summed E-state index contributed by atoms with van der Waals surface area (Å²) in [5, 5.41) is 13.6. The van der Waals surface area contributed by atoms with E-state index in [1.807, 2.05) is 4.90 Å². The Hall–Kier alpha value is -2.79. The lowest BCUT2D eigenvalue weighted by Gasteiger charge is -2.29. The number of rotatable bonds is 8. The number of hydrogen-bond donors (Lipinski definition) is 2. The quantitative estimate of drug-likeness (QED) is 0.490. The number of nitrogens with zero attached hydrogens (tertiary/aromatic N) is 1. The SMILES string of the molecule is C.O=C(Cc1ccc(OC(F)(F)F)cc1)N[C@H](CN1CCCC1)[C@H](O)c1ccc(C(F)(F)F)cc1. The molecule has 1 aliphatic rings. The van der Waals surface area contributed by atoms with Crippen LogP contribution in [0.1, 0.15) is 43.1 Å². The van der Waals surface area contributed by atoms with E-state index in [-0.39, 0.29) is 19.4 Å². The highest BCUT2D eigenvalue weighted by atomic mass is 19.4. The van der Waals surface area contributed by atoms with Gasteiger partial charge in [0.05, 0.1) is 18.0 Å². The zero-order chi connectivity index (χ0) is 24.9. The average Bonchev–Trinajstić information content (AvgIpc) is 3.26. The summed E-state index contributed by atoms with van der Waals surface area (Å²) in [5.41, 5.74) is -0.191. The second kappa shape index (κ2) is 11.8. The molecule has 11 heteroatoms. The van der Waals surface area contributed by atoms with Crippen LogP contribution in [-0.2, 0) is 17.4 Å². The lowest BCUT2D eigenvalue weighted by atomic mass is 9.99. The van der Waals surface area contributed by atoms with Crippen LogP contribution in [0.3, 0.4) is 0 Å². The standard InChI is InChI=1S/C23H24F6N2O3.CH4/c24-22(25,26)17-7-5-16(6-8-17)21(33)19(14-31-11-1-2-12-31)30-20(32)13-15-3-9-18(10-4-15)34-23(27,28)29;/h3-10,19,21,33H,1-2,11-14H2,(H,30,32);1H4/t19-,21-;/m1./s1. The third kappa shape index (κ3) is 8.74. The first kappa shape index (κ1) is 28.4. The molecule has 35 heavy (non-hydrogen) atoms. The Morgan fingerprint density at radius 1 is 0.971 bits per heavy atom. The van der Waals surface area contributed by atoms with Crippen LogP contribution in [0.5, 0.6) is 5.75 Å². The highest BCUT2D eigenvalue weighted by Gasteiger charge is 2.32. The summed E-state index contributed by atoms with van der Waals surface area (Å²) in [7, 11) is 0. The monoisotopic (exact) mass is 506 g/mol. The maximum absolute atomic E-state index is 12.8. The van der Waals surface area contributed by atoms with Gasteiger partial charge in [-0.1, -0.05) is 31.7 Å². The van der Waals surface area contributed by atoms with Crippen LogP contribution in [0.15, 0.2) is 48.5 Å². The topological polar surface area (TPSA) is 61.8 Å². The summed E-state index contributed by atoms with van der Waals surface area (Å²) < 4.78 is 79.2. The molecule has 2 atom stereocenters. The minimum atomic E-state index is -4.82. The van der Waals surface area contributed by atoms with E-state index in [4.69, 9.17) is 0 Å². The Morgan fingerprint density at radius 3 is 2.06 bits per heavy atom. The van der Waals surface area contributed by atoms with Gasteiger partial charge in [0.15, 0.2) is 0 Å². The van der Waals surface area contributed by atoms with E-state index in [9.17, 15) is 36.2 Å². The summed E-state index contributed by atoms with van der Waals surface area (Å²) in [5.74, 6) is -0.902. The third-order valence-electron chi connectivity index (χ3n) is 5.48. The fourth-order valence-electron chi connectivity index (χ4n) is 3.82. The predicted molar refractivity (Wildman–Crippen MR) is 118 cm³/mol. The number of likely N-dealkylation sites (tertiary alicyclic amines) is 1. The zero-order valence-corrected chi connectivity index (χ0v) is 18.0. The lowest BCUT2D eigenvalue weighted by Crippen LogP contribution is -2.47. The minimum absolute atomic E-state index is 0. The predicted octanol–water partition coefficient (Wildman–Crippen LogP) is 5.10. The molecular weight excluding hydrogens is 478 g/mol. The number of benzene rings is 2. The molecule has 1 fully saturated rings. The molecule has 1 aliphatic heterocycles. The summed E-state index contributed by atoms with van der Waals surface area (Å²) in [4.78, 5) is 14.7. The molecule has 5 nitrogen and oxygen atoms in total. The van der Waals surface area contributed by atoms with Crippen molar-refractivity contribution in [3.05, 3.63) is 65.2 Å². The van der Waals surface area contributed by atoms with Crippen molar-refractivity contribution in [3.8, 4) is 5.75 Å². The molecule has 0 aromatic heterocycles. The first-order chi connectivity index (χ1) is 15.9. The van der Waals surface area contributed by atoms with Gasteiger partial charge >= 0.3 is 12.5 Å². The summed E-state index contributed by atoms with van der Waals surface area (Å²) in [6.07, 6.45) is -8.83. The normalized spacial score (nSPS) is 16.3. The summed E-state index contributed by atoms with van der Waals surface area (Å²) in [6.45, 7) is 1.84. The van der Waals surface area contributed by atoms with Crippen LogP contribution in [0.2, 0.25) is 0 Å². The second-order valence-corrected chi connectivity index (χ2v) is 8.11. The number of aliphatic hydroxyl groups excluding tert-OH is 1. The molecule has 1 amide bonds. The van der Waals surface area contributed by atoms with Gasteiger partial charge in [0, 0.05) is 6.54 Å². The highest BCUT2D eigenvalue weighted by Crippen LogP contribution is 2.30. The van der Waals surface area contributed by atoms with Crippen LogP contribution >= 0.6 is 0 Å². The third-order valence-corrected chi connectivity index (χ3v) is 5.48. The van der Waals surface area contributed by atoms with Gasteiger partial charge in [-0.05, 0) is 61.3 Å². The van der Waals surface area contributed by atoms with Crippen molar-refractivity contribution in [2.75, 3.05) is 19.6 Å². The molecule has 0 spiro atoms. The van der Waals surface area contributed by atoms with Crippen LogP contribution in [0.4, 0.5) is 26.3 Å². The van der Waals surface area contributed by atoms with E-state index in [2.05, 4.69) is 10.1 Å². The largest absolute Gasteiger partial charge is 0.573 e. The van der Waals surface area contributed by atoms with Crippen molar-refractivity contribution in [2.24, 2.45) is 0 Å². The molecule has 0 radical (unpaired) electrons. The van der Waals surface area contributed by atoms with Gasteiger partial charge in [0.2, 0.25) is 5.91 Å². The second-order valence-electron chi connectivity index (χ2n) is 8.11. The molecule has 0 bridgehead atoms. The zero-order valence-electron chi connectivity index (χ0n) is 18.0. The van der Waals surface area contributed by atoms with Crippen molar-refractivity contribution in [2.45, 2.75) is 51.4 Å². The van der Waals surface area contributed by atoms with Gasteiger partial charge in [0.25, 0.3) is 0 Å². The summed E-state index contributed by atoms with van der Waals surface area (Å²) >= 11 is 0. The van der Waals surface area contributed by atoms with Crippen molar-refractivity contribution in [1.82, 2.24) is 10.2 Å². The molecule has 194 valence electrons. The fraction of sp³-hybridized carbons (Fsp3) is 0.458. The number of carbonyl (C=O) groups excluding carboxylic acids is 1. The van der Waals surface area contributed by atoms with E-state index in [1.165, 1.54) is 24.3 Å². The molecule has 1 saturated heterocycles. The van der Waals surface area contributed by atoms with Gasteiger partial charge in [-0.2, -0.15) is 13.2 Å². The smallest absolute Gasteiger partial charge is 0.406 e. The molecule has 0 saturated carbocycles. The van der Waals surface area contributed by atoms with Crippen LogP contribution in [-0.4, -0.2) is 48.0 Å². The summed E-state index contributed by atoms with van der Waals surface area (Å²) in [6, 6.07) is 8.13. The van der Waals surface area contributed by atoms with E-state index < -0.39 is 41.9 Å². The van der Waals surface area contributed by atoms with Gasteiger partial charge in [-0.15, -0.1) is 13.2 Å². The van der Waals surface area contributed by atoms with E-state index in [1.54, 1.807) is 0 Å². The number of hydrogen-bond acceptors (Lipinski definition) is 4. The van der Waals surface area contributed by atoms with Gasteiger partial charge in [0.1, 0.15) is 11.9 Å². The van der Waals surface area contributed by atoms with E-state index >= 15 is 0 Å².